The van der Waals surface area contributed by atoms with Gasteiger partial charge in [-0.15, -0.1) is 0 Å². The van der Waals surface area contributed by atoms with Crippen LogP contribution < -0.4 is 10.1 Å². The fourth-order valence-corrected chi connectivity index (χ4v) is 3.22. The number of amides is 1. The molecule has 0 saturated carbocycles. The highest BCUT2D eigenvalue weighted by atomic mass is 35.5. The fourth-order valence-electron chi connectivity index (χ4n) is 3.10. The zero-order valence-electron chi connectivity index (χ0n) is 16.3. The molecule has 0 spiro atoms. The fraction of sp³-hybridized carbons (Fsp3) is 0.167. The Bertz CT molecular complexity index is 1140. The predicted molar refractivity (Wildman–Crippen MR) is 118 cm³/mol. The molecule has 0 aliphatic heterocycles. The number of oxazole rings is 1. The van der Waals surface area contributed by atoms with Crippen molar-refractivity contribution in [2.24, 2.45) is 0 Å². The molecule has 1 amide bonds. The smallest absolute Gasteiger partial charge is 0.220 e. The SMILES string of the molecule is O=C(CCc1ncc(-c2ccc(Cl)cc2)o1)NCCOc1ccc2ccccc2c1. The number of carbonyl (C=O) groups excluding carboxylic acids is 1. The number of hydrogen-bond donors (Lipinski definition) is 1. The van der Waals surface area contributed by atoms with Crippen molar-refractivity contribution < 1.29 is 13.9 Å². The van der Waals surface area contributed by atoms with Gasteiger partial charge >= 0.3 is 0 Å². The Morgan fingerprint density at radius 2 is 1.83 bits per heavy atom. The van der Waals surface area contributed by atoms with E-state index < -0.39 is 0 Å². The predicted octanol–water partition coefficient (Wildman–Crippen LogP) is 5.28. The lowest BCUT2D eigenvalue weighted by atomic mass is 10.1. The van der Waals surface area contributed by atoms with Gasteiger partial charge < -0.3 is 14.5 Å². The third kappa shape index (κ3) is 5.19. The topological polar surface area (TPSA) is 64.4 Å². The summed E-state index contributed by atoms with van der Waals surface area (Å²) < 4.78 is 11.5. The maximum atomic E-state index is 12.1. The average Bonchev–Trinajstić information content (AvgIpc) is 3.25. The largest absolute Gasteiger partial charge is 0.492 e. The van der Waals surface area contributed by atoms with E-state index in [-0.39, 0.29) is 5.91 Å². The Morgan fingerprint density at radius 1 is 1.03 bits per heavy atom. The zero-order chi connectivity index (χ0) is 20.8. The minimum Gasteiger partial charge on any atom is -0.492 e. The monoisotopic (exact) mass is 420 g/mol. The second-order valence-corrected chi connectivity index (χ2v) is 7.27. The lowest BCUT2D eigenvalue weighted by Gasteiger charge is -2.08. The molecule has 5 nitrogen and oxygen atoms in total. The van der Waals surface area contributed by atoms with Crippen molar-refractivity contribution in [3.63, 3.8) is 0 Å². The van der Waals surface area contributed by atoms with Crippen molar-refractivity contribution in [1.29, 1.82) is 0 Å². The number of nitrogens with one attached hydrogen (secondary N) is 1. The molecule has 6 heteroatoms. The molecule has 3 aromatic carbocycles. The van der Waals surface area contributed by atoms with E-state index in [4.69, 9.17) is 20.8 Å². The molecule has 1 heterocycles. The molecule has 4 aromatic rings. The lowest BCUT2D eigenvalue weighted by molar-refractivity contribution is -0.121. The summed E-state index contributed by atoms with van der Waals surface area (Å²) in [5, 5.41) is 5.82. The van der Waals surface area contributed by atoms with Crippen molar-refractivity contribution in [2.45, 2.75) is 12.8 Å². The summed E-state index contributed by atoms with van der Waals surface area (Å²) >= 11 is 5.90. The summed E-state index contributed by atoms with van der Waals surface area (Å²) in [6, 6.07) is 21.4. The Balaban J connectivity index is 1.19. The number of hydrogen-bond acceptors (Lipinski definition) is 4. The Hall–Kier alpha value is -3.31. The number of benzene rings is 3. The summed E-state index contributed by atoms with van der Waals surface area (Å²) in [7, 11) is 0. The summed E-state index contributed by atoms with van der Waals surface area (Å²) in [6.45, 7) is 0.844. The van der Waals surface area contributed by atoms with Gasteiger partial charge in [0.1, 0.15) is 12.4 Å². The number of aromatic nitrogens is 1. The molecule has 152 valence electrons. The second-order valence-electron chi connectivity index (χ2n) is 6.83. The van der Waals surface area contributed by atoms with Crippen LogP contribution in [0.5, 0.6) is 5.75 Å². The van der Waals surface area contributed by atoms with Crippen LogP contribution in [0.3, 0.4) is 0 Å². The van der Waals surface area contributed by atoms with Crippen LogP contribution in [0.2, 0.25) is 5.02 Å². The van der Waals surface area contributed by atoms with E-state index in [1.54, 1.807) is 18.3 Å². The van der Waals surface area contributed by atoms with Crippen LogP contribution >= 0.6 is 11.6 Å². The van der Waals surface area contributed by atoms with Crippen LogP contribution in [0.25, 0.3) is 22.1 Å². The first-order chi connectivity index (χ1) is 14.7. The van der Waals surface area contributed by atoms with Crippen LogP contribution in [0.1, 0.15) is 12.3 Å². The number of fused-ring (bicyclic) bond motifs is 1. The number of nitrogens with zero attached hydrogens (tertiary/aromatic N) is 1. The van der Waals surface area contributed by atoms with E-state index in [2.05, 4.69) is 16.4 Å². The normalized spacial score (nSPS) is 10.8. The van der Waals surface area contributed by atoms with E-state index in [1.165, 1.54) is 5.39 Å². The molecule has 0 unspecified atom stereocenters. The molecule has 0 atom stereocenters. The van der Waals surface area contributed by atoms with Gasteiger partial charge in [0.2, 0.25) is 5.91 Å². The maximum Gasteiger partial charge on any atom is 0.220 e. The highest BCUT2D eigenvalue weighted by Crippen LogP contribution is 2.23. The van der Waals surface area contributed by atoms with Gasteiger partial charge in [-0.3, -0.25) is 4.79 Å². The number of aryl methyl sites for hydroxylation is 1. The van der Waals surface area contributed by atoms with Gasteiger partial charge in [0.25, 0.3) is 0 Å². The zero-order valence-corrected chi connectivity index (χ0v) is 17.1. The van der Waals surface area contributed by atoms with E-state index >= 15 is 0 Å². The number of carbonyl (C=O) groups is 1. The van der Waals surface area contributed by atoms with Crippen LogP contribution in [0.15, 0.2) is 77.3 Å². The molecule has 0 saturated heterocycles. The van der Waals surface area contributed by atoms with Crippen molar-refractivity contribution in [3.8, 4) is 17.1 Å². The number of rotatable bonds is 8. The molecule has 4 rings (SSSR count). The quantitative estimate of drug-likeness (QED) is 0.394. The van der Waals surface area contributed by atoms with Crippen LogP contribution in [0.4, 0.5) is 0 Å². The van der Waals surface area contributed by atoms with E-state index in [0.717, 1.165) is 16.7 Å². The van der Waals surface area contributed by atoms with Crippen LogP contribution in [0, 0.1) is 0 Å². The minimum absolute atomic E-state index is 0.0663. The van der Waals surface area contributed by atoms with Gasteiger partial charge in [0.05, 0.1) is 12.7 Å². The Kier molecular flexibility index (Phi) is 6.30. The van der Waals surface area contributed by atoms with Crippen LogP contribution in [-0.2, 0) is 11.2 Å². The number of halogens is 1. The molecule has 1 aromatic heterocycles. The van der Waals surface area contributed by atoms with Gasteiger partial charge in [-0.2, -0.15) is 0 Å². The first kappa shape index (κ1) is 20.0. The van der Waals surface area contributed by atoms with E-state index in [9.17, 15) is 4.79 Å². The molecule has 1 N–H and O–H groups in total. The summed E-state index contributed by atoms with van der Waals surface area (Å²) in [5.41, 5.74) is 0.897. The minimum atomic E-state index is -0.0663. The van der Waals surface area contributed by atoms with Crippen molar-refractivity contribution in [1.82, 2.24) is 10.3 Å². The Morgan fingerprint density at radius 3 is 2.67 bits per heavy atom. The maximum absolute atomic E-state index is 12.1. The number of ether oxygens (including phenoxy) is 1. The third-order valence-corrected chi connectivity index (χ3v) is 4.91. The molecule has 30 heavy (non-hydrogen) atoms. The molecule has 0 radical (unpaired) electrons. The molecule has 0 aliphatic rings. The molecule has 0 fully saturated rings. The molecule has 0 bridgehead atoms. The Labute approximate surface area is 179 Å². The van der Waals surface area contributed by atoms with E-state index in [0.29, 0.717) is 42.7 Å². The van der Waals surface area contributed by atoms with Gasteiger partial charge in [-0.1, -0.05) is 41.9 Å². The van der Waals surface area contributed by atoms with Gasteiger partial charge in [0.15, 0.2) is 11.7 Å². The van der Waals surface area contributed by atoms with Crippen LogP contribution in [-0.4, -0.2) is 24.0 Å². The highest BCUT2D eigenvalue weighted by molar-refractivity contribution is 6.30. The van der Waals surface area contributed by atoms with Gasteiger partial charge in [-0.25, -0.2) is 4.98 Å². The van der Waals surface area contributed by atoms with Gasteiger partial charge in [0, 0.05) is 23.4 Å². The summed E-state index contributed by atoms with van der Waals surface area (Å²) in [6.07, 6.45) is 2.40. The van der Waals surface area contributed by atoms with Crippen molar-refractivity contribution in [2.75, 3.05) is 13.2 Å². The average molecular weight is 421 g/mol. The highest BCUT2D eigenvalue weighted by Gasteiger charge is 2.09. The molecular weight excluding hydrogens is 400 g/mol. The first-order valence-corrected chi connectivity index (χ1v) is 10.1. The van der Waals surface area contributed by atoms with Crippen molar-refractivity contribution in [3.05, 3.63) is 83.8 Å². The van der Waals surface area contributed by atoms with Crippen molar-refractivity contribution >= 4 is 28.3 Å². The molecular formula is C24H21ClN2O3. The standard InChI is InChI=1S/C24H21ClN2O3/c25-20-8-5-18(6-9-20)22-16-27-24(30-22)12-11-23(28)26-13-14-29-21-10-7-17-3-1-2-4-19(17)15-21/h1-10,15-16H,11-14H2,(H,26,28). The first-order valence-electron chi connectivity index (χ1n) is 9.76. The van der Waals surface area contributed by atoms with E-state index in [1.807, 2.05) is 48.5 Å². The third-order valence-electron chi connectivity index (χ3n) is 4.66. The summed E-state index contributed by atoms with van der Waals surface area (Å²) in [5.74, 6) is 1.91. The van der Waals surface area contributed by atoms with Gasteiger partial charge in [-0.05, 0) is 47.2 Å². The lowest BCUT2D eigenvalue weighted by Crippen LogP contribution is -2.28. The molecule has 0 aliphatic carbocycles. The summed E-state index contributed by atoms with van der Waals surface area (Å²) in [4.78, 5) is 16.3. The second kappa shape index (κ2) is 9.46.